The molecule has 0 spiro atoms. The van der Waals surface area contributed by atoms with Crippen LogP contribution in [0.3, 0.4) is 0 Å². The van der Waals surface area contributed by atoms with Gasteiger partial charge in [0.15, 0.2) is 0 Å². The molecule has 110 valence electrons. The summed E-state index contributed by atoms with van der Waals surface area (Å²) in [6.07, 6.45) is 2.53. The predicted octanol–water partition coefficient (Wildman–Crippen LogP) is 1.18. The quantitative estimate of drug-likeness (QED) is 0.638. The van der Waals surface area contributed by atoms with E-state index in [2.05, 4.69) is 10.4 Å². The maximum absolute atomic E-state index is 12.6. The van der Waals surface area contributed by atoms with E-state index in [9.17, 15) is 4.79 Å². The van der Waals surface area contributed by atoms with Crippen molar-refractivity contribution in [2.45, 2.75) is 32.2 Å². The van der Waals surface area contributed by atoms with Crippen LogP contribution in [0.5, 0.6) is 0 Å². The van der Waals surface area contributed by atoms with Gasteiger partial charge in [0.1, 0.15) is 5.82 Å². The molecule has 1 aromatic heterocycles. The number of nitrogens with two attached hydrogens (primary N) is 1. The van der Waals surface area contributed by atoms with Crippen molar-refractivity contribution in [2.75, 3.05) is 25.7 Å². The number of pyridine rings is 1. The number of ether oxygens (including phenoxy) is 1. The third-order valence-corrected chi connectivity index (χ3v) is 3.69. The second-order valence-corrected chi connectivity index (χ2v) is 4.99. The van der Waals surface area contributed by atoms with E-state index < -0.39 is 0 Å². The molecule has 1 aliphatic heterocycles. The average molecular weight is 278 g/mol. The zero-order chi connectivity index (χ0) is 14.5. The number of hydrogen-bond donors (Lipinski definition) is 2. The highest BCUT2D eigenvalue weighted by Crippen LogP contribution is 2.18. The van der Waals surface area contributed by atoms with Crippen LogP contribution in [0.2, 0.25) is 0 Å². The lowest BCUT2D eigenvalue weighted by Crippen LogP contribution is -2.40. The van der Waals surface area contributed by atoms with Crippen molar-refractivity contribution in [2.24, 2.45) is 5.84 Å². The number of carbonyl (C=O) groups is 1. The van der Waals surface area contributed by atoms with Gasteiger partial charge in [-0.05, 0) is 31.4 Å². The second kappa shape index (κ2) is 6.67. The minimum atomic E-state index is 0.00509. The van der Waals surface area contributed by atoms with Crippen LogP contribution >= 0.6 is 0 Å². The van der Waals surface area contributed by atoms with E-state index in [0.29, 0.717) is 24.6 Å². The van der Waals surface area contributed by atoms with E-state index in [0.717, 1.165) is 25.0 Å². The molecule has 1 saturated heterocycles. The molecule has 1 aromatic rings. The first-order valence-electron chi connectivity index (χ1n) is 6.98. The van der Waals surface area contributed by atoms with Gasteiger partial charge in [-0.3, -0.25) is 4.79 Å². The van der Waals surface area contributed by atoms with Crippen LogP contribution in [0.15, 0.2) is 12.1 Å². The number of anilines is 1. The van der Waals surface area contributed by atoms with E-state index in [1.54, 1.807) is 11.0 Å². The SMILES string of the molecule is CCc1cc(C(=O)N(C)C2CCOCC2)cc(NN)n1. The summed E-state index contributed by atoms with van der Waals surface area (Å²) in [5.74, 6) is 5.93. The third kappa shape index (κ3) is 3.26. The summed E-state index contributed by atoms with van der Waals surface area (Å²) in [7, 11) is 1.85. The number of hydrazine groups is 1. The first kappa shape index (κ1) is 14.7. The van der Waals surface area contributed by atoms with Crippen molar-refractivity contribution in [3.8, 4) is 0 Å². The molecular formula is C14H22N4O2. The predicted molar refractivity (Wildman–Crippen MR) is 77.4 cm³/mol. The Labute approximate surface area is 119 Å². The van der Waals surface area contributed by atoms with Crippen molar-refractivity contribution in [1.82, 2.24) is 9.88 Å². The van der Waals surface area contributed by atoms with E-state index in [1.165, 1.54) is 0 Å². The molecule has 0 unspecified atom stereocenters. The van der Waals surface area contributed by atoms with Crippen molar-refractivity contribution in [1.29, 1.82) is 0 Å². The molecule has 6 nitrogen and oxygen atoms in total. The van der Waals surface area contributed by atoms with Crippen molar-refractivity contribution >= 4 is 11.7 Å². The summed E-state index contributed by atoms with van der Waals surface area (Å²) in [6.45, 7) is 3.43. The van der Waals surface area contributed by atoms with Crippen LogP contribution in [0.1, 0.15) is 35.8 Å². The summed E-state index contributed by atoms with van der Waals surface area (Å²) >= 11 is 0. The Kier molecular flexibility index (Phi) is 4.92. The highest BCUT2D eigenvalue weighted by Gasteiger charge is 2.23. The van der Waals surface area contributed by atoms with Crippen molar-refractivity contribution < 1.29 is 9.53 Å². The number of hydrogen-bond acceptors (Lipinski definition) is 5. The molecule has 0 radical (unpaired) electrons. The topological polar surface area (TPSA) is 80.5 Å². The Balaban J connectivity index is 2.18. The number of nitrogens with zero attached hydrogens (tertiary/aromatic N) is 2. The fourth-order valence-corrected chi connectivity index (χ4v) is 2.41. The van der Waals surface area contributed by atoms with Crippen LogP contribution < -0.4 is 11.3 Å². The van der Waals surface area contributed by atoms with E-state index in [-0.39, 0.29) is 11.9 Å². The van der Waals surface area contributed by atoms with Gasteiger partial charge in [-0.1, -0.05) is 6.92 Å². The molecule has 2 rings (SSSR count). The Morgan fingerprint density at radius 2 is 2.20 bits per heavy atom. The third-order valence-electron chi connectivity index (χ3n) is 3.69. The summed E-state index contributed by atoms with van der Waals surface area (Å²) in [5, 5.41) is 0. The van der Waals surface area contributed by atoms with Gasteiger partial charge in [0, 0.05) is 37.6 Å². The first-order valence-corrected chi connectivity index (χ1v) is 6.98. The Morgan fingerprint density at radius 1 is 1.50 bits per heavy atom. The van der Waals surface area contributed by atoms with Crippen LogP contribution in [0, 0.1) is 0 Å². The highest BCUT2D eigenvalue weighted by molar-refractivity contribution is 5.95. The normalized spacial score (nSPS) is 15.9. The fraction of sp³-hybridized carbons (Fsp3) is 0.571. The van der Waals surface area contributed by atoms with Crippen LogP contribution in [0.25, 0.3) is 0 Å². The minimum Gasteiger partial charge on any atom is -0.381 e. The fourth-order valence-electron chi connectivity index (χ4n) is 2.41. The molecule has 1 amide bonds. The molecule has 0 aliphatic carbocycles. The average Bonchev–Trinajstić information content (AvgIpc) is 2.53. The molecular weight excluding hydrogens is 256 g/mol. The van der Waals surface area contributed by atoms with E-state index in [1.807, 2.05) is 20.0 Å². The molecule has 6 heteroatoms. The molecule has 3 N–H and O–H groups in total. The van der Waals surface area contributed by atoms with Crippen molar-refractivity contribution in [3.05, 3.63) is 23.4 Å². The Bertz CT molecular complexity index is 450. The molecule has 0 saturated carbocycles. The largest absolute Gasteiger partial charge is 0.381 e. The zero-order valence-corrected chi connectivity index (χ0v) is 12.1. The molecule has 20 heavy (non-hydrogen) atoms. The van der Waals surface area contributed by atoms with Crippen LogP contribution in [0.4, 0.5) is 5.82 Å². The lowest BCUT2D eigenvalue weighted by molar-refractivity contribution is 0.0362. The molecule has 1 fully saturated rings. The standard InChI is InChI=1S/C14H22N4O2/c1-3-11-8-10(9-13(16-11)17-15)14(19)18(2)12-4-6-20-7-5-12/h8-9,12H,3-7,15H2,1-2H3,(H,16,17). The zero-order valence-electron chi connectivity index (χ0n) is 12.1. The number of aryl methyl sites for hydroxylation is 1. The van der Waals surface area contributed by atoms with Gasteiger partial charge >= 0.3 is 0 Å². The molecule has 0 bridgehead atoms. The number of nitrogens with one attached hydrogen (secondary N) is 1. The summed E-state index contributed by atoms with van der Waals surface area (Å²) < 4.78 is 5.33. The number of carbonyl (C=O) groups excluding carboxylic acids is 1. The van der Waals surface area contributed by atoms with Gasteiger partial charge in [-0.15, -0.1) is 0 Å². The number of nitrogen functional groups attached to an aromatic ring is 1. The molecule has 2 heterocycles. The molecule has 0 atom stereocenters. The highest BCUT2D eigenvalue weighted by atomic mass is 16.5. The summed E-state index contributed by atoms with van der Waals surface area (Å²) in [4.78, 5) is 18.7. The Morgan fingerprint density at radius 3 is 2.80 bits per heavy atom. The number of amides is 1. The first-order chi connectivity index (χ1) is 9.65. The molecule has 1 aliphatic rings. The van der Waals surface area contributed by atoms with Gasteiger partial charge in [-0.25, -0.2) is 10.8 Å². The van der Waals surface area contributed by atoms with Gasteiger partial charge in [0.05, 0.1) is 0 Å². The van der Waals surface area contributed by atoms with Gasteiger partial charge in [0.25, 0.3) is 5.91 Å². The van der Waals surface area contributed by atoms with Gasteiger partial charge in [-0.2, -0.15) is 0 Å². The number of aromatic nitrogens is 1. The van der Waals surface area contributed by atoms with Gasteiger partial charge < -0.3 is 15.1 Å². The summed E-state index contributed by atoms with van der Waals surface area (Å²) in [6, 6.07) is 3.76. The summed E-state index contributed by atoms with van der Waals surface area (Å²) in [5.41, 5.74) is 3.99. The van der Waals surface area contributed by atoms with Gasteiger partial charge in [0.2, 0.25) is 0 Å². The lowest BCUT2D eigenvalue weighted by Gasteiger charge is -2.31. The number of rotatable bonds is 4. The maximum atomic E-state index is 12.6. The Hall–Kier alpha value is -1.66. The van der Waals surface area contributed by atoms with Crippen LogP contribution in [-0.2, 0) is 11.2 Å². The van der Waals surface area contributed by atoms with E-state index in [4.69, 9.17) is 10.6 Å². The minimum absolute atomic E-state index is 0.00509. The van der Waals surface area contributed by atoms with E-state index >= 15 is 0 Å². The van der Waals surface area contributed by atoms with Crippen LogP contribution in [-0.4, -0.2) is 42.1 Å². The maximum Gasteiger partial charge on any atom is 0.254 e. The lowest BCUT2D eigenvalue weighted by atomic mass is 10.1. The van der Waals surface area contributed by atoms with Crippen molar-refractivity contribution in [3.63, 3.8) is 0 Å². The smallest absolute Gasteiger partial charge is 0.254 e. The second-order valence-electron chi connectivity index (χ2n) is 4.99. The monoisotopic (exact) mass is 278 g/mol. The molecule has 0 aromatic carbocycles.